The Morgan fingerprint density at radius 3 is 2.71 bits per heavy atom. The van der Waals surface area contributed by atoms with Crippen LogP contribution in [0.15, 0.2) is 18.5 Å². The van der Waals surface area contributed by atoms with Gasteiger partial charge in [0.1, 0.15) is 6.04 Å². The van der Waals surface area contributed by atoms with Crippen LogP contribution >= 0.6 is 0 Å². The number of nitrogens with zero attached hydrogens (tertiary/aromatic N) is 1. The van der Waals surface area contributed by atoms with Crippen LogP contribution in [0.25, 0.3) is 0 Å². The van der Waals surface area contributed by atoms with Crippen LogP contribution < -0.4 is 10.6 Å². The highest BCUT2D eigenvalue weighted by atomic mass is 16.2. The van der Waals surface area contributed by atoms with Crippen LogP contribution in [0.2, 0.25) is 0 Å². The second kappa shape index (κ2) is 6.23. The minimum Gasteiger partial charge on any atom is -0.374 e. The summed E-state index contributed by atoms with van der Waals surface area (Å²) in [4.78, 5) is 15.8. The van der Waals surface area contributed by atoms with Crippen molar-refractivity contribution in [3.63, 3.8) is 0 Å². The Bertz CT molecular complexity index is 377. The first-order chi connectivity index (χ1) is 8.00. The van der Waals surface area contributed by atoms with E-state index in [0.717, 1.165) is 11.3 Å². The van der Waals surface area contributed by atoms with Gasteiger partial charge >= 0.3 is 0 Å². The Morgan fingerprint density at radius 1 is 1.41 bits per heavy atom. The zero-order valence-electron chi connectivity index (χ0n) is 10.9. The van der Waals surface area contributed by atoms with Gasteiger partial charge in [-0.25, -0.2) is 0 Å². The van der Waals surface area contributed by atoms with Crippen molar-refractivity contribution in [1.82, 2.24) is 10.3 Å². The molecule has 0 radical (unpaired) electrons. The Hall–Kier alpha value is -1.58. The number of aromatic nitrogens is 1. The number of aryl methyl sites for hydroxylation is 1. The number of anilines is 1. The Labute approximate surface area is 103 Å². The molecule has 0 fully saturated rings. The summed E-state index contributed by atoms with van der Waals surface area (Å²) in [5.41, 5.74) is 1.99. The lowest BCUT2D eigenvalue weighted by atomic mass is 10.2. The lowest BCUT2D eigenvalue weighted by Gasteiger charge is -2.17. The van der Waals surface area contributed by atoms with Gasteiger partial charge in [-0.05, 0) is 31.4 Å². The van der Waals surface area contributed by atoms with E-state index in [1.54, 1.807) is 12.4 Å². The van der Waals surface area contributed by atoms with Crippen molar-refractivity contribution in [2.75, 3.05) is 11.9 Å². The van der Waals surface area contributed by atoms with Crippen molar-refractivity contribution in [2.45, 2.75) is 33.7 Å². The van der Waals surface area contributed by atoms with Gasteiger partial charge < -0.3 is 10.6 Å². The monoisotopic (exact) mass is 235 g/mol. The van der Waals surface area contributed by atoms with E-state index in [2.05, 4.69) is 29.5 Å². The third-order valence-electron chi connectivity index (χ3n) is 2.47. The van der Waals surface area contributed by atoms with Crippen LogP contribution in [0.5, 0.6) is 0 Å². The fourth-order valence-corrected chi connectivity index (χ4v) is 1.39. The van der Waals surface area contributed by atoms with Gasteiger partial charge in [0.25, 0.3) is 0 Å². The topological polar surface area (TPSA) is 54.0 Å². The molecule has 0 aliphatic carbocycles. The van der Waals surface area contributed by atoms with Crippen LogP contribution in [0.4, 0.5) is 5.69 Å². The molecule has 0 aliphatic rings. The molecule has 4 heteroatoms. The molecule has 17 heavy (non-hydrogen) atoms. The van der Waals surface area contributed by atoms with Gasteiger partial charge in [-0.2, -0.15) is 0 Å². The average molecular weight is 235 g/mol. The molecule has 0 bridgehead atoms. The molecule has 2 N–H and O–H groups in total. The smallest absolute Gasteiger partial charge is 0.242 e. The van der Waals surface area contributed by atoms with Crippen molar-refractivity contribution < 1.29 is 4.79 Å². The number of carbonyl (C=O) groups excluding carboxylic acids is 1. The van der Waals surface area contributed by atoms with Gasteiger partial charge in [0.05, 0.1) is 0 Å². The fraction of sp³-hybridized carbons (Fsp3) is 0.538. The number of hydrogen-bond donors (Lipinski definition) is 2. The lowest BCUT2D eigenvalue weighted by Crippen LogP contribution is -2.39. The summed E-state index contributed by atoms with van der Waals surface area (Å²) in [5.74, 6) is 0.490. The van der Waals surface area contributed by atoms with Gasteiger partial charge in [-0.1, -0.05) is 13.8 Å². The molecule has 4 nitrogen and oxygen atoms in total. The molecule has 0 spiro atoms. The van der Waals surface area contributed by atoms with Gasteiger partial charge in [0.15, 0.2) is 0 Å². The van der Waals surface area contributed by atoms with Crippen molar-refractivity contribution in [3.05, 3.63) is 24.0 Å². The number of hydrogen-bond acceptors (Lipinski definition) is 3. The minimum absolute atomic E-state index is 0.0231. The van der Waals surface area contributed by atoms with E-state index >= 15 is 0 Å². The van der Waals surface area contributed by atoms with Crippen molar-refractivity contribution in [1.29, 1.82) is 0 Å². The largest absolute Gasteiger partial charge is 0.374 e. The predicted octanol–water partition coefficient (Wildman–Crippen LogP) is 1.96. The maximum atomic E-state index is 11.8. The Balaban J connectivity index is 2.51. The second-order valence-electron chi connectivity index (χ2n) is 4.70. The molecule has 0 saturated heterocycles. The third-order valence-corrected chi connectivity index (χ3v) is 2.47. The third kappa shape index (κ3) is 4.43. The summed E-state index contributed by atoms with van der Waals surface area (Å²) < 4.78 is 0. The van der Waals surface area contributed by atoms with Crippen LogP contribution in [0.1, 0.15) is 26.3 Å². The molecule has 0 saturated carbocycles. The Morgan fingerprint density at radius 2 is 2.12 bits per heavy atom. The van der Waals surface area contributed by atoms with E-state index in [1.807, 2.05) is 19.9 Å². The summed E-state index contributed by atoms with van der Waals surface area (Å²) in [7, 11) is 0. The van der Waals surface area contributed by atoms with E-state index in [1.165, 1.54) is 0 Å². The lowest BCUT2D eigenvalue weighted by molar-refractivity contribution is -0.121. The highest BCUT2D eigenvalue weighted by molar-refractivity contribution is 5.84. The van der Waals surface area contributed by atoms with Gasteiger partial charge in [-0.3, -0.25) is 9.78 Å². The van der Waals surface area contributed by atoms with Crippen LogP contribution in [-0.4, -0.2) is 23.5 Å². The first-order valence-electron chi connectivity index (χ1n) is 5.95. The van der Waals surface area contributed by atoms with Gasteiger partial charge in [0, 0.05) is 24.6 Å². The van der Waals surface area contributed by atoms with E-state index in [9.17, 15) is 4.79 Å². The summed E-state index contributed by atoms with van der Waals surface area (Å²) in [5, 5.41) is 6.09. The molecular formula is C13H21N3O. The number of carbonyl (C=O) groups is 1. The highest BCUT2D eigenvalue weighted by Crippen LogP contribution is 2.12. The molecule has 1 aromatic heterocycles. The molecule has 1 atom stereocenters. The van der Waals surface area contributed by atoms with Crippen LogP contribution in [0.3, 0.4) is 0 Å². The number of nitrogens with one attached hydrogen (secondary N) is 2. The molecule has 1 aromatic rings. The maximum Gasteiger partial charge on any atom is 0.242 e. The normalized spacial score (nSPS) is 12.3. The van der Waals surface area contributed by atoms with E-state index in [0.29, 0.717) is 12.5 Å². The van der Waals surface area contributed by atoms with Crippen molar-refractivity contribution >= 4 is 11.6 Å². The Kier molecular flexibility index (Phi) is 4.94. The molecule has 1 heterocycles. The molecule has 0 aliphatic heterocycles. The van der Waals surface area contributed by atoms with Crippen molar-refractivity contribution in [3.8, 4) is 0 Å². The average Bonchev–Trinajstić information content (AvgIpc) is 2.28. The van der Waals surface area contributed by atoms with Crippen LogP contribution in [-0.2, 0) is 4.79 Å². The molecule has 1 unspecified atom stereocenters. The summed E-state index contributed by atoms with van der Waals surface area (Å²) in [6.07, 6.45) is 3.50. The number of amides is 1. The zero-order chi connectivity index (χ0) is 12.8. The molecular weight excluding hydrogens is 214 g/mol. The zero-order valence-corrected chi connectivity index (χ0v) is 10.9. The summed E-state index contributed by atoms with van der Waals surface area (Å²) in [6, 6.07) is 1.64. The number of pyridine rings is 1. The van der Waals surface area contributed by atoms with Crippen LogP contribution in [0, 0.1) is 12.8 Å². The quantitative estimate of drug-likeness (QED) is 0.820. The van der Waals surface area contributed by atoms with Gasteiger partial charge in [0.2, 0.25) is 5.91 Å². The van der Waals surface area contributed by atoms with Gasteiger partial charge in [-0.15, -0.1) is 0 Å². The predicted molar refractivity (Wildman–Crippen MR) is 69.9 cm³/mol. The first kappa shape index (κ1) is 13.5. The fourth-order valence-electron chi connectivity index (χ4n) is 1.39. The van der Waals surface area contributed by atoms with E-state index < -0.39 is 0 Å². The first-order valence-corrected chi connectivity index (χ1v) is 5.95. The molecule has 94 valence electrons. The maximum absolute atomic E-state index is 11.8. The molecule has 1 amide bonds. The van der Waals surface area contributed by atoms with E-state index in [4.69, 9.17) is 0 Å². The van der Waals surface area contributed by atoms with E-state index in [-0.39, 0.29) is 11.9 Å². The van der Waals surface area contributed by atoms with Crippen molar-refractivity contribution in [2.24, 2.45) is 5.92 Å². The number of rotatable bonds is 5. The second-order valence-corrected chi connectivity index (χ2v) is 4.70. The highest BCUT2D eigenvalue weighted by Gasteiger charge is 2.13. The molecule has 1 rings (SSSR count). The minimum atomic E-state index is -0.241. The SMILES string of the molecule is Cc1cnccc1NC(C)C(=O)NCC(C)C. The standard InChI is InChI=1S/C13H21N3O/c1-9(2)7-15-13(17)11(4)16-12-5-6-14-8-10(12)3/h5-6,8-9,11H,7H2,1-4H3,(H,14,16)(H,15,17). The summed E-state index contributed by atoms with van der Waals surface area (Å²) in [6.45, 7) is 8.68. The summed E-state index contributed by atoms with van der Waals surface area (Å²) >= 11 is 0. The molecule has 0 aromatic carbocycles.